The number of anilines is 3. The van der Waals surface area contributed by atoms with Crippen LogP contribution in [0, 0.1) is 0 Å². The van der Waals surface area contributed by atoms with Crippen LogP contribution in [0.4, 0.5) is 17.1 Å². The second-order valence-electron chi connectivity index (χ2n) is 17.9. The summed E-state index contributed by atoms with van der Waals surface area (Å²) in [4.78, 5) is 2.45. The largest absolute Gasteiger partial charge is 0.457 e. The fraction of sp³-hybridized carbons (Fsp3) is 0.0159. The van der Waals surface area contributed by atoms with Crippen LogP contribution in [0.25, 0.3) is 82.1 Å². The molecule has 67 heavy (non-hydrogen) atoms. The Labute approximate surface area is 385 Å². The molecule has 4 nitrogen and oxygen atoms in total. The Morgan fingerprint density at radius 3 is 1.94 bits per heavy atom. The van der Waals surface area contributed by atoms with E-state index in [1.807, 2.05) is 6.07 Å². The molecule has 0 amide bonds. The Kier molecular flexibility index (Phi) is 7.40. The first-order valence-corrected chi connectivity index (χ1v) is 23.0. The van der Waals surface area contributed by atoms with Crippen molar-refractivity contribution in [1.82, 2.24) is 4.57 Å². The Morgan fingerprint density at radius 1 is 0.373 bits per heavy atom. The van der Waals surface area contributed by atoms with Gasteiger partial charge in [-0.15, -0.1) is 0 Å². The average molecular weight is 855 g/mol. The first kappa shape index (κ1) is 36.5. The Morgan fingerprint density at radius 2 is 1.00 bits per heavy atom. The lowest BCUT2D eigenvalue weighted by atomic mass is 9.58. The number of furan rings is 1. The van der Waals surface area contributed by atoms with Crippen molar-refractivity contribution in [2.24, 2.45) is 0 Å². The summed E-state index contributed by atoms with van der Waals surface area (Å²) >= 11 is 0. The van der Waals surface area contributed by atoms with E-state index in [0.717, 1.165) is 83.7 Å². The van der Waals surface area contributed by atoms with E-state index in [1.54, 1.807) is 0 Å². The molecule has 2 aliphatic rings. The monoisotopic (exact) mass is 854 g/mol. The molecular formula is C63H38N2O2. The van der Waals surface area contributed by atoms with Crippen LogP contribution in [0.15, 0.2) is 235 Å². The van der Waals surface area contributed by atoms with Crippen LogP contribution in [0.2, 0.25) is 0 Å². The summed E-state index contributed by atoms with van der Waals surface area (Å²) in [6.45, 7) is 0. The van der Waals surface area contributed by atoms with Crippen LogP contribution in [-0.4, -0.2) is 4.57 Å². The minimum absolute atomic E-state index is 0.683. The Bertz CT molecular complexity index is 4220. The molecule has 1 atom stereocenters. The van der Waals surface area contributed by atoms with E-state index in [0.29, 0.717) is 0 Å². The number of ether oxygens (including phenoxy) is 1. The molecule has 2 aromatic heterocycles. The number of aromatic nitrogens is 1. The van der Waals surface area contributed by atoms with Gasteiger partial charge in [0.25, 0.3) is 0 Å². The van der Waals surface area contributed by atoms with Crippen molar-refractivity contribution in [2.75, 3.05) is 4.90 Å². The van der Waals surface area contributed by atoms with Gasteiger partial charge in [0.1, 0.15) is 22.7 Å². The fourth-order valence-corrected chi connectivity index (χ4v) is 11.9. The topological polar surface area (TPSA) is 30.5 Å². The van der Waals surface area contributed by atoms with Gasteiger partial charge in [-0.3, -0.25) is 0 Å². The molecule has 1 spiro atoms. The fourth-order valence-electron chi connectivity index (χ4n) is 11.9. The maximum Gasteiger partial charge on any atom is 0.137 e. The molecule has 3 heterocycles. The number of hydrogen-bond acceptors (Lipinski definition) is 3. The van der Waals surface area contributed by atoms with Gasteiger partial charge >= 0.3 is 0 Å². The van der Waals surface area contributed by atoms with Crippen molar-refractivity contribution < 1.29 is 9.15 Å². The molecule has 1 unspecified atom stereocenters. The molecule has 0 saturated heterocycles. The van der Waals surface area contributed by atoms with Gasteiger partial charge in [0.2, 0.25) is 0 Å². The summed E-state index contributed by atoms with van der Waals surface area (Å²) in [6, 6.07) is 83.9. The molecule has 1 aliphatic heterocycles. The maximum atomic E-state index is 7.01. The molecule has 1 aliphatic carbocycles. The van der Waals surface area contributed by atoms with Crippen LogP contribution in [0.1, 0.15) is 22.3 Å². The number of rotatable bonds is 4. The van der Waals surface area contributed by atoms with Crippen LogP contribution >= 0.6 is 0 Å². The highest BCUT2D eigenvalue weighted by atomic mass is 16.5. The first-order chi connectivity index (χ1) is 33.2. The highest BCUT2D eigenvalue weighted by Crippen LogP contribution is 2.62. The number of fused-ring (bicyclic) bond motifs is 15. The number of hydrogen-bond donors (Lipinski definition) is 0. The molecule has 13 aromatic rings. The molecule has 4 heteroatoms. The van der Waals surface area contributed by atoms with Crippen LogP contribution in [-0.2, 0) is 5.41 Å². The second kappa shape index (κ2) is 13.6. The molecule has 11 aromatic carbocycles. The van der Waals surface area contributed by atoms with Gasteiger partial charge in [-0.1, -0.05) is 164 Å². The minimum atomic E-state index is -0.683. The summed E-state index contributed by atoms with van der Waals surface area (Å²) in [5.74, 6) is 1.72. The minimum Gasteiger partial charge on any atom is -0.457 e. The van der Waals surface area contributed by atoms with E-state index >= 15 is 0 Å². The third-order valence-electron chi connectivity index (χ3n) is 14.6. The number of benzene rings is 11. The predicted octanol–water partition coefficient (Wildman–Crippen LogP) is 16.9. The molecule has 15 rings (SSSR count). The molecule has 0 bridgehead atoms. The zero-order chi connectivity index (χ0) is 43.8. The lowest BCUT2D eigenvalue weighted by Crippen LogP contribution is -2.36. The summed E-state index contributed by atoms with van der Waals surface area (Å²) in [7, 11) is 0. The zero-order valence-electron chi connectivity index (χ0n) is 36.2. The van der Waals surface area contributed by atoms with Crippen molar-refractivity contribution in [2.45, 2.75) is 5.41 Å². The van der Waals surface area contributed by atoms with Crippen molar-refractivity contribution in [3.05, 3.63) is 253 Å². The standard InChI is InChI=1S/C63H38N2O2/c1-2-19-43-39(15-1)16-13-28-53(43)64(42-33-35-46-45-21-4-8-27-54(45)65(56(46)38-42)55-29-14-32-60-62(55)48-22-5-9-30-57(48)66-60)41-34-36-59-52(37-41)63(50-25-7-10-31-58(50)67-59)49-24-6-3-20-44(49)47-23-11-17-40-18-12-26-51(63)61(40)47/h1-38H. The molecular weight excluding hydrogens is 817 g/mol. The van der Waals surface area contributed by atoms with E-state index < -0.39 is 5.41 Å². The van der Waals surface area contributed by atoms with Crippen LogP contribution in [0.3, 0.4) is 0 Å². The quantitative estimate of drug-likeness (QED) is 0.177. The van der Waals surface area contributed by atoms with Gasteiger partial charge in [-0.05, 0) is 105 Å². The lowest BCUT2D eigenvalue weighted by Gasteiger charge is -2.45. The highest BCUT2D eigenvalue weighted by molar-refractivity contribution is 6.15. The van der Waals surface area contributed by atoms with Gasteiger partial charge in [-0.25, -0.2) is 0 Å². The lowest BCUT2D eigenvalue weighted by molar-refractivity contribution is 0.435. The third kappa shape index (κ3) is 4.91. The van der Waals surface area contributed by atoms with Gasteiger partial charge < -0.3 is 18.6 Å². The average Bonchev–Trinajstić information content (AvgIpc) is 3.94. The molecule has 0 N–H and O–H groups in total. The predicted molar refractivity (Wildman–Crippen MR) is 275 cm³/mol. The van der Waals surface area contributed by atoms with E-state index in [2.05, 4.69) is 234 Å². The third-order valence-corrected chi connectivity index (χ3v) is 14.6. The maximum absolute atomic E-state index is 7.01. The zero-order valence-corrected chi connectivity index (χ0v) is 36.2. The van der Waals surface area contributed by atoms with Gasteiger partial charge in [0, 0.05) is 44.0 Å². The first-order valence-electron chi connectivity index (χ1n) is 23.0. The van der Waals surface area contributed by atoms with Crippen molar-refractivity contribution >= 4 is 82.4 Å². The molecule has 312 valence electrons. The van der Waals surface area contributed by atoms with Gasteiger partial charge in [0.05, 0.1) is 33.2 Å². The molecule has 0 saturated carbocycles. The second-order valence-corrected chi connectivity index (χ2v) is 17.9. The van der Waals surface area contributed by atoms with Crippen molar-refractivity contribution in [1.29, 1.82) is 0 Å². The van der Waals surface area contributed by atoms with E-state index in [4.69, 9.17) is 9.15 Å². The highest BCUT2D eigenvalue weighted by Gasteiger charge is 2.49. The van der Waals surface area contributed by atoms with Crippen LogP contribution < -0.4 is 9.64 Å². The van der Waals surface area contributed by atoms with E-state index in [9.17, 15) is 0 Å². The summed E-state index contributed by atoms with van der Waals surface area (Å²) in [5, 5.41) is 9.42. The SMILES string of the molecule is c1ccc2c(c1)Oc1ccc(N(c3ccc4c5ccccc5n(-c5cccc6oc7ccccc7c56)c4c3)c3cccc4ccccc34)cc1C21c2ccccc2-c2cccc3cccc1c23. The number of nitrogens with zero attached hydrogens (tertiary/aromatic N) is 2. The smallest absolute Gasteiger partial charge is 0.137 e. The molecule has 0 fully saturated rings. The van der Waals surface area contributed by atoms with E-state index in [1.165, 1.54) is 49.2 Å². The normalized spacial score (nSPS) is 14.7. The van der Waals surface area contributed by atoms with E-state index in [-0.39, 0.29) is 0 Å². The van der Waals surface area contributed by atoms with Crippen molar-refractivity contribution in [3.8, 4) is 28.3 Å². The van der Waals surface area contributed by atoms with Crippen molar-refractivity contribution in [3.63, 3.8) is 0 Å². The van der Waals surface area contributed by atoms with Crippen LogP contribution in [0.5, 0.6) is 11.5 Å². The van der Waals surface area contributed by atoms with Gasteiger partial charge in [-0.2, -0.15) is 0 Å². The Hall–Kier alpha value is -8.86. The summed E-state index contributed by atoms with van der Waals surface area (Å²) < 4.78 is 15.9. The summed E-state index contributed by atoms with van der Waals surface area (Å²) in [6.07, 6.45) is 0. The molecule has 0 radical (unpaired) electrons. The van der Waals surface area contributed by atoms with Gasteiger partial charge in [0.15, 0.2) is 0 Å². The Balaban J connectivity index is 1.04. The number of para-hydroxylation sites is 3. The summed E-state index contributed by atoms with van der Waals surface area (Å²) in [5.41, 5.74) is 14.8.